The molecule has 0 atom stereocenters. The summed E-state index contributed by atoms with van der Waals surface area (Å²) in [4.78, 5) is 17.6. The standard InChI is InChI=1S/C25H17NO3/c1-28-21-14-8-13-18-22-19(16-9-4-2-5-10-16)15-20(17-11-6-3-7-12-17)26-23(22)25(27)29-24(18)21/h2-15H,1H3. The van der Waals surface area contributed by atoms with E-state index in [0.717, 1.165) is 33.2 Å². The van der Waals surface area contributed by atoms with E-state index in [0.29, 0.717) is 16.8 Å². The molecule has 0 amide bonds. The summed E-state index contributed by atoms with van der Waals surface area (Å²) < 4.78 is 11.1. The van der Waals surface area contributed by atoms with E-state index in [1.54, 1.807) is 13.2 Å². The second-order valence-corrected chi connectivity index (χ2v) is 6.74. The van der Waals surface area contributed by atoms with Crippen LogP contribution < -0.4 is 10.4 Å². The molecule has 0 radical (unpaired) electrons. The summed E-state index contributed by atoms with van der Waals surface area (Å²) in [7, 11) is 1.56. The molecule has 29 heavy (non-hydrogen) atoms. The van der Waals surface area contributed by atoms with Gasteiger partial charge < -0.3 is 9.15 Å². The first-order chi connectivity index (χ1) is 14.3. The molecule has 5 rings (SSSR count). The number of methoxy groups -OCH3 is 1. The Morgan fingerprint density at radius 1 is 0.828 bits per heavy atom. The Morgan fingerprint density at radius 3 is 2.21 bits per heavy atom. The molecule has 4 nitrogen and oxygen atoms in total. The zero-order valence-corrected chi connectivity index (χ0v) is 15.8. The van der Waals surface area contributed by atoms with E-state index in [2.05, 4.69) is 4.98 Å². The van der Waals surface area contributed by atoms with Gasteiger partial charge in [-0.15, -0.1) is 0 Å². The third-order valence-electron chi connectivity index (χ3n) is 5.03. The molecule has 0 N–H and O–H groups in total. The molecule has 2 heterocycles. The first-order valence-corrected chi connectivity index (χ1v) is 9.31. The van der Waals surface area contributed by atoms with E-state index in [9.17, 15) is 4.79 Å². The number of aromatic nitrogens is 1. The van der Waals surface area contributed by atoms with Gasteiger partial charge in [-0.3, -0.25) is 0 Å². The predicted molar refractivity (Wildman–Crippen MR) is 115 cm³/mol. The summed E-state index contributed by atoms with van der Waals surface area (Å²) in [5.41, 5.74) is 3.87. The normalized spacial score (nSPS) is 11.1. The number of pyridine rings is 1. The SMILES string of the molecule is COc1cccc2c1oc(=O)c1nc(-c3ccccc3)cc(-c3ccccc3)c12. The van der Waals surface area contributed by atoms with Crippen LogP contribution in [0.4, 0.5) is 0 Å². The van der Waals surface area contributed by atoms with Crippen LogP contribution in [0.5, 0.6) is 5.75 Å². The minimum atomic E-state index is -0.480. The van der Waals surface area contributed by atoms with Crippen molar-refractivity contribution in [1.82, 2.24) is 4.98 Å². The van der Waals surface area contributed by atoms with Crippen LogP contribution in [0.25, 0.3) is 44.3 Å². The van der Waals surface area contributed by atoms with Crippen molar-refractivity contribution in [2.45, 2.75) is 0 Å². The van der Waals surface area contributed by atoms with Crippen molar-refractivity contribution in [2.24, 2.45) is 0 Å². The van der Waals surface area contributed by atoms with Gasteiger partial charge in [-0.25, -0.2) is 9.78 Å². The number of hydrogen-bond donors (Lipinski definition) is 0. The molecular formula is C25H17NO3. The second kappa shape index (κ2) is 6.91. The Hall–Kier alpha value is -3.92. The minimum absolute atomic E-state index is 0.311. The summed E-state index contributed by atoms with van der Waals surface area (Å²) in [6, 6.07) is 27.5. The van der Waals surface area contributed by atoms with Gasteiger partial charge in [0.25, 0.3) is 0 Å². The fourth-order valence-electron chi connectivity index (χ4n) is 3.69. The zero-order chi connectivity index (χ0) is 19.8. The van der Waals surface area contributed by atoms with Crippen molar-refractivity contribution < 1.29 is 9.15 Å². The minimum Gasteiger partial charge on any atom is -0.493 e. The topological polar surface area (TPSA) is 52.3 Å². The summed E-state index contributed by atoms with van der Waals surface area (Å²) in [5.74, 6) is 0.521. The van der Waals surface area contributed by atoms with Crippen LogP contribution in [0.2, 0.25) is 0 Å². The number of benzene rings is 3. The van der Waals surface area contributed by atoms with E-state index >= 15 is 0 Å². The highest BCUT2D eigenvalue weighted by Gasteiger charge is 2.18. The van der Waals surface area contributed by atoms with E-state index in [1.165, 1.54) is 0 Å². The van der Waals surface area contributed by atoms with Crippen molar-refractivity contribution in [3.05, 3.63) is 95.3 Å². The molecule has 0 fully saturated rings. The first-order valence-electron chi connectivity index (χ1n) is 9.31. The van der Waals surface area contributed by atoms with Gasteiger partial charge in [0.15, 0.2) is 16.8 Å². The van der Waals surface area contributed by atoms with Gasteiger partial charge in [0.1, 0.15) is 0 Å². The third-order valence-corrected chi connectivity index (χ3v) is 5.03. The first kappa shape index (κ1) is 17.2. The molecule has 0 saturated carbocycles. The molecule has 0 aliphatic heterocycles. The van der Waals surface area contributed by atoms with Gasteiger partial charge in [-0.05, 0) is 23.3 Å². The lowest BCUT2D eigenvalue weighted by Crippen LogP contribution is -2.05. The number of para-hydroxylation sites is 1. The Labute approximate surface area is 167 Å². The lowest BCUT2D eigenvalue weighted by molar-refractivity contribution is 0.407. The lowest BCUT2D eigenvalue weighted by atomic mass is 9.96. The van der Waals surface area contributed by atoms with Crippen molar-refractivity contribution in [2.75, 3.05) is 7.11 Å². The number of hydrogen-bond acceptors (Lipinski definition) is 4. The Kier molecular flexibility index (Phi) is 4.10. The fourth-order valence-corrected chi connectivity index (χ4v) is 3.69. The van der Waals surface area contributed by atoms with E-state index in [4.69, 9.17) is 9.15 Å². The van der Waals surface area contributed by atoms with Gasteiger partial charge in [-0.1, -0.05) is 72.8 Å². The maximum Gasteiger partial charge on any atom is 0.363 e. The number of nitrogens with zero attached hydrogens (tertiary/aromatic N) is 1. The van der Waals surface area contributed by atoms with Crippen molar-refractivity contribution in [3.63, 3.8) is 0 Å². The van der Waals surface area contributed by atoms with E-state index < -0.39 is 5.63 Å². The maximum atomic E-state index is 12.9. The van der Waals surface area contributed by atoms with E-state index in [-0.39, 0.29) is 0 Å². The highest BCUT2D eigenvalue weighted by Crippen LogP contribution is 2.37. The maximum absolute atomic E-state index is 12.9. The van der Waals surface area contributed by atoms with Crippen LogP contribution in [-0.4, -0.2) is 12.1 Å². The summed E-state index contributed by atoms with van der Waals surface area (Å²) >= 11 is 0. The second-order valence-electron chi connectivity index (χ2n) is 6.74. The molecule has 4 heteroatoms. The van der Waals surface area contributed by atoms with Crippen molar-refractivity contribution in [3.8, 4) is 28.1 Å². The number of rotatable bonds is 3. The van der Waals surface area contributed by atoms with Gasteiger partial charge in [-0.2, -0.15) is 0 Å². The quantitative estimate of drug-likeness (QED) is 0.299. The molecule has 0 saturated heterocycles. The van der Waals surface area contributed by atoms with Crippen molar-refractivity contribution in [1.29, 1.82) is 0 Å². The fraction of sp³-hybridized carbons (Fsp3) is 0.0400. The highest BCUT2D eigenvalue weighted by molar-refractivity contribution is 6.12. The van der Waals surface area contributed by atoms with Gasteiger partial charge in [0.2, 0.25) is 0 Å². The Balaban J connectivity index is 1.98. The third kappa shape index (κ3) is 2.86. The van der Waals surface area contributed by atoms with E-state index in [1.807, 2.05) is 78.9 Å². The Morgan fingerprint density at radius 2 is 1.52 bits per heavy atom. The monoisotopic (exact) mass is 379 g/mol. The van der Waals surface area contributed by atoms with Crippen LogP contribution >= 0.6 is 0 Å². The smallest absolute Gasteiger partial charge is 0.363 e. The molecule has 0 spiro atoms. The van der Waals surface area contributed by atoms with Crippen LogP contribution in [0, 0.1) is 0 Å². The van der Waals surface area contributed by atoms with Gasteiger partial charge in [0, 0.05) is 16.3 Å². The molecule has 5 aromatic rings. The van der Waals surface area contributed by atoms with Gasteiger partial charge >= 0.3 is 5.63 Å². The molecule has 0 unspecified atom stereocenters. The molecular weight excluding hydrogens is 362 g/mol. The summed E-state index contributed by atoms with van der Waals surface area (Å²) in [6.07, 6.45) is 0. The largest absolute Gasteiger partial charge is 0.493 e. The number of ether oxygens (including phenoxy) is 1. The lowest BCUT2D eigenvalue weighted by Gasteiger charge is -2.13. The van der Waals surface area contributed by atoms with Gasteiger partial charge in [0.05, 0.1) is 12.8 Å². The average Bonchev–Trinajstić information content (AvgIpc) is 2.79. The van der Waals surface area contributed by atoms with Crippen LogP contribution in [0.3, 0.4) is 0 Å². The highest BCUT2D eigenvalue weighted by atomic mass is 16.5. The molecule has 2 aromatic heterocycles. The molecule has 0 bridgehead atoms. The van der Waals surface area contributed by atoms with Crippen LogP contribution in [-0.2, 0) is 0 Å². The molecule has 0 aliphatic carbocycles. The van der Waals surface area contributed by atoms with Crippen molar-refractivity contribution >= 4 is 21.9 Å². The summed E-state index contributed by atoms with van der Waals surface area (Å²) in [5, 5.41) is 1.56. The molecule has 140 valence electrons. The molecule has 3 aromatic carbocycles. The Bertz CT molecular complexity index is 1390. The number of fused-ring (bicyclic) bond motifs is 3. The molecule has 0 aliphatic rings. The van der Waals surface area contributed by atoms with Crippen LogP contribution in [0.15, 0.2) is 94.1 Å². The zero-order valence-electron chi connectivity index (χ0n) is 15.8. The van der Waals surface area contributed by atoms with Crippen LogP contribution in [0.1, 0.15) is 0 Å². The summed E-state index contributed by atoms with van der Waals surface area (Å²) in [6.45, 7) is 0. The average molecular weight is 379 g/mol. The predicted octanol–water partition coefficient (Wildman–Crippen LogP) is 5.68.